The quantitative estimate of drug-likeness (QED) is 0.310. The number of rotatable bonds is 3. The molecule has 0 bridgehead atoms. The highest BCUT2D eigenvalue weighted by Gasteiger charge is 2.15. The molecule has 1 N–H and O–H groups in total. The average Bonchev–Trinajstić information content (AvgIpc) is 3.23. The summed E-state index contributed by atoms with van der Waals surface area (Å²) in [5, 5.41) is 2.51. The Hall–Kier alpha value is -4.10. The van der Waals surface area contributed by atoms with Crippen LogP contribution in [-0.2, 0) is 0 Å². The number of nitrogens with one attached hydrogen (secondary N) is 1. The van der Waals surface area contributed by atoms with Gasteiger partial charge in [-0.3, -0.25) is 0 Å². The monoisotopic (exact) mass is 395 g/mol. The molecule has 0 aliphatic heterocycles. The summed E-state index contributed by atoms with van der Waals surface area (Å²) in [5.74, 6) is 0. The minimum absolute atomic E-state index is 1.16. The van der Waals surface area contributed by atoms with Crippen molar-refractivity contribution in [3.05, 3.63) is 121 Å². The van der Waals surface area contributed by atoms with Crippen LogP contribution in [0.2, 0.25) is 0 Å². The molecule has 1 aromatic heterocycles. The maximum Gasteiger partial charge on any atom is 0.0550 e. The first kappa shape index (κ1) is 17.7. The second-order valence-electron chi connectivity index (χ2n) is 7.89. The van der Waals surface area contributed by atoms with E-state index in [9.17, 15) is 0 Å². The maximum absolute atomic E-state index is 3.73. The number of H-pyrrole nitrogens is 1. The minimum Gasteiger partial charge on any atom is -0.354 e. The third-order valence-electron chi connectivity index (χ3n) is 6.03. The molecule has 0 saturated carbocycles. The summed E-state index contributed by atoms with van der Waals surface area (Å²) in [6, 6.07) is 43.1. The van der Waals surface area contributed by atoms with Crippen molar-refractivity contribution in [2.24, 2.45) is 0 Å². The van der Waals surface area contributed by atoms with Gasteiger partial charge in [-0.15, -0.1) is 0 Å². The molecule has 0 saturated heterocycles. The summed E-state index contributed by atoms with van der Waals surface area (Å²) >= 11 is 0. The third kappa shape index (κ3) is 3.03. The van der Waals surface area contributed by atoms with Crippen molar-refractivity contribution in [1.29, 1.82) is 0 Å². The molecule has 0 amide bonds. The number of fused-ring (bicyclic) bond motifs is 3. The van der Waals surface area contributed by atoms with Crippen LogP contribution in [0, 0.1) is 0 Å². The van der Waals surface area contributed by atoms with E-state index >= 15 is 0 Å². The Morgan fingerprint density at radius 1 is 0.419 bits per heavy atom. The summed E-state index contributed by atoms with van der Waals surface area (Å²) in [4.78, 5) is 3.73. The first-order chi connectivity index (χ1) is 15.4. The van der Waals surface area contributed by atoms with Gasteiger partial charge in [0, 0.05) is 21.9 Å². The molecule has 5 aromatic carbocycles. The van der Waals surface area contributed by atoms with Gasteiger partial charge in [0.2, 0.25) is 0 Å². The predicted octanol–water partition coefficient (Wildman–Crippen LogP) is 8.32. The van der Waals surface area contributed by atoms with Crippen LogP contribution < -0.4 is 0 Å². The molecule has 0 radical (unpaired) electrons. The van der Waals surface area contributed by atoms with Crippen LogP contribution in [0.4, 0.5) is 0 Å². The van der Waals surface area contributed by atoms with E-state index in [4.69, 9.17) is 0 Å². The molecule has 0 unspecified atom stereocenters. The van der Waals surface area contributed by atoms with Gasteiger partial charge in [-0.2, -0.15) is 0 Å². The van der Waals surface area contributed by atoms with E-state index in [1.807, 2.05) is 0 Å². The Labute approximate surface area is 181 Å². The third-order valence-corrected chi connectivity index (χ3v) is 6.03. The van der Waals surface area contributed by atoms with Crippen LogP contribution in [0.3, 0.4) is 0 Å². The molecule has 1 heteroatoms. The van der Waals surface area contributed by atoms with E-state index < -0.39 is 0 Å². The predicted molar refractivity (Wildman–Crippen MR) is 132 cm³/mol. The maximum atomic E-state index is 3.73. The van der Waals surface area contributed by atoms with E-state index in [0.29, 0.717) is 0 Å². The zero-order chi connectivity index (χ0) is 20.6. The van der Waals surface area contributed by atoms with E-state index in [1.54, 1.807) is 0 Å². The van der Waals surface area contributed by atoms with Gasteiger partial charge in [-0.25, -0.2) is 0 Å². The van der Waals surface area contributed by atoms with Crippen LogP contribution in [0.25, 0.3) is 55.2 Å². The topological polar surface area (TPSA) is 15.8 Å². The van der Waals surface area contributed by atoms with Crippen molar-refractivity contribution < 1.29 is 0 Å². The first-order valence-corrected chi connectivity index (χ1v) is 10.6. The van der Waals surface area contributed by atoms with Crippen molar-refractivity contribution in [2.75, 3.05) is 0 Å². The molecular formula is C30H21N. The lowest BCUT2D eigenvalue weighted by Crippen LogP contribution is -1.87. The number of hydrogen-bond donors (Lipinski definition) is 1. The fourth-order valence-electron chi connectivity index (χ4n) is 4.54. The lowest BCUT2D eigenvalue weighted by atomic mass is 9.92. The molecule has 0 spiro atoms. The van der Waals surface area contributed by atoms with Gasteiger partial charge >= 0.3 is 0 Å². The molecule has 0 aliphatic rings. The van der Waals surface area contributed by atoms with Crippen LogP contribution in [0.1, 0.15) is 0 Å². The molecule has 146 valence electrons. The summed E-state index contributed by atoms with van der Waals surface area (Å²) in [6.45, 7) is 0. The Morgan fingerprint density at radius 3 is 1.71 bits per heavy atom. The Bertz CT molecular complexity index is 1490. The van der Waals surface area contributed by atoms with Crippen molar-refractivity contribution in [1.82, 2.24) is 4.98 Å². The number of aromatic amines is 1. The SMILES string of the molecule is c1ccc(-c2ccc3[nH]c4c(-c5ccccc5)c(-c5ccccc5)ccc4c3c2)cc1. The van der Waals surface area contributed by atoms with Gasteiger partial charge in [0.05, 0.1) is 5.52 Å². The highest BCUT2D eigenvalue weighted by Crippen LogP contribution is 2.41. The lowest BCUT2D eigenvalue weighted by molar-refractivity contribution is 1.52. The standard InChI is InChI=1S/C30H21N/c1-4-10-21(11-5-1)24-16-19-28-27(20-24)26-18-17-25(22-12-6-2-7-13-22)29(30(26)31-28)23-14-8-3-9-15-23/h1-20,31H. The molecule has 0 fully saturated rings. The number of benzene rings is 5. The largest absolute Gasteiger partial charge is 0.354 e. The highest BCUT2D eigenvalue weighted by molar-refractivity contribution is 6.15. The van der Waals surface area contributed by atoms with Crippen LogP contribution in [0.15, 0.2) is 121 Å². The Balaban J connectivity index is 1.66. The van der Waals surface area contributed by atoms with E-state index in [-0.39, 0.29) is 0 Å². The van der Waals surface area contributed by atoms with E-state index in [1.165, 1.54) is 49.7 Å². The molecule has 0 aliphatic carbocycles. The van der Waals surface area contributed by atoms with Crippen LogP contribution >= 0.6 is 0 Å². The van der Waals surface area contributed by atoms with Crippen molar-refractivity contribution in [3.63, 3.8) is 0 Å². The molecule has 6 aromatic rings. The van der Waals surface area contributed by atoms with Gasteiger partial charge in [0.1, 0.15) is 0 Å². The summed E-state index contributed by atoms with van der Waals surface area (Å²) < 4.78 is 0. The van der Waals surface area contributed by atoms with Gasteiger partial charge in [-0.05, 0) is 39.9 Å². The smallest absolute Gasteiger partial charge is 0.0550 e. The van der Waals surface area contributed by atoms with Crippen molar-refractivity contribution in [2.45, 2.75) is 0 Å². The Morgan fingerprint density at radius 2 is 1.03 bits per heavy atom. The summed E-state index contributed by atoms with van der Waals surface area (Å²) in [6.07, 6.45) is 0. The Kier molecular flexibility index (Phi) is 4.18. The molecule has 31 heavy (non-hydrogen) atoms. The van der Waals surface area contributed by atoms with E-state index in [2.05, 4.69) is 126 Å². The van der Waals surface area contributed by atoms with Gasteiger partial charge in [-0.1, -0.05) is 109 Å². The minimum atomic E-state index is 1.16. The molecule has 6 rings (SSSR count). The van der Waals surface area contributed by atoms with Crippen molar-refractivity contribution in [3.8, 4) is 33.4 Å². The highest BCUT2D eigenvalue weighted by atomic mass is 14.7. The van der Waals surface area contributed by atoms with Gasteiger partial charge in [0.25, 0.3) is 0 Å². The van der Waals surface area contributed by atoms with Gasteiger partial charge in [0.15, 0.2) is 0 Å². The first-order valence-electron chi connectivity index (χ1n) is 10.6. The average molecular weight is 396 g/mol. The van der Waals surface area contributed by atoms with E-state index in [0.717, 1.165) is 5.52 Å². The van der Waals surface area contributed by atoms with Gasteiger partial charge < -0.3 is 4.98 Å². The van der Waals surface area contributed by atoms with Crippen molar-refractivity contribution >= 4 is 21.8 Å². The summed E-state index contributed by atoms with van der Waals surface area (Å²) in [7, 11) is 0. The zero-order valence-electron chi connectivity index (χ0n) is 17.0. The van der Waals surface area contributed by atoms with Crippen LogP contribution in [-0.4, -0.2) is 4.98 Å². The zero-order valence-corrected chi connectivity index (χ0v) is 17.0. The lowest BCUT2D eigenvalue weighted by Gasteiger charge is -2.12. The number of hydrogen-bond acceptors (Lipinski definition) is 0. The molecule has 1 nitrogen and oxygen atoms in total. The second kappa shape index (κ2) is 7.30. The summed E-state index contributed by atoms with van der Waals surface area (Å²) in [5.41, 5.74) is 9.78. The fourth-order valence-corrected chi connectivity index (χ4v) is 4.54. The molecular weight excluding hydrogens is 374 g/mol. The normalized spacial score (nSPS) is 11.2. The molecule has 1 heterocycles. The number of aromatic nitrogens is 1. The molecule has 0 atom stereocenters. The second-order valence-corrected chi connectivity index (χ2v) is 7.89. The fraction of sp³-hybridized carbons (Fsp3) is 0. The van der Waals surface area contributed by atoms with Crippen LogP contribution in [0.5, 0.6) is 0 Å².